The average molecular weight is 577 g/mol. The number of ether oxygens (including phenoxy) is 5. The molecule has 3 atom stereocenters. The van der Waals surface area contributed by atoms with Crippen molar-refractivity contribution in [2.45, 2.75) is 128 Å². The quantitative estimate of drug-likeness (QED) is 0.176. The first-order valence-corrected chi connectivity index (χ1v) is 16.6. The zero-order chi connectivity index (χ0) is 29.0. The molecule has 3 heterocycles. The molecule has 5 nitrogen and oxygen atoms in total. The largest absolute Gasteiger partial charge is 0.465 e. The first kappa shape index (κ1) is 31.3. The third kappa shape index (κ3) is 10.2. The molecule has 2 aromatic carbocycles. The molecule has 42 heavy (non-hydrogen) atoms. The Labute approximate surface area is 253 Å². The second kappa shape index (κ2) is 16.0. The molecule has 3 unspecified atom stereocenters. The minimum absolute atomic E-state index is 0.0114. The minimum Gasteiger partial charge on any atom is -0.465 e. The Morgan fingerprint density at radius 2 is 1.40 bits per heavy atom. The maximum Gasteiger partial charge on any atom is 0.199 e. The summed E-state index contributed by atoms with van der Waals surface area (Å²) in [6.07, 6.45) is 20.2. The highest BCUT2D eigenvalue weighted by atomic mass is 16.7. The van der Waals surface area contributed by atoms with Crippen LogP contribution >= 0.6 is 0 Å². The summed E-state index contributed by atoms with van der Waals surface area (Å²) in [6.45, 7) is 6.86. The topological polar surface area (TPSA) is 46.2 Å². The van der Waals surface area contributed by atoms with Crippen LogP contribution in [-0.4, -0.2) is 38.0 Å². The van der Waals surface area contributed by atoms with E-state index in [4.69, 9.17) is 23.7 Å². The molecule has 5 heteroatoms. The number of aryl methyl sites for hydroxylation is 1. The molecule has 0 amide bonds. The monoisotopic (exact) mass is 576 g/mol. The van der Waals surface area contributed by atoms with E-state index in [1.54, 1.807) is 0 Å². The molecule has 0 aliphatic carbocycles. The van der Waals surface area contributed by atoms with Crippen LogP contribution in [0.15, 0.2) is 42.5 Å². The van der Waals surface area contributed by atoms with Gasteiger partial charge in [-0.15, -0.1) is 0 Å². The van der Waals surface area contributed by atoms with Crippen LogP contribution in [0.4, 0.5) is 0 Å². The van der Waals surface area contributed by atoms with Crippen molar-refractivity contribution in [1.82, 2.24) is 0 Å². The number of unbranched alkanes of at least 4 members (excludes halogenated alkanes) is 2. The van der Waals surface area contributed by atoms with Crippen LogP contribution in [-0.2, 0) is 25.4 Å². The lowest BCUT2D eigenvalue weighted by Crippen LogP contribution is -2.34. The van der Waals surface area contributed by atoms with Crippen molar-refractivity contribution >= 4 is 12.2 Å². The Balaban J connectivity index is 1.11. The van der Waals surface area contributed by atoms with Gasteiger partial charge in [0.2, 0.25) is 0 Å². The molecule has 0 radical (unpaired) electrons. The smallest absolute Gasteiger partial charge is 0.199 e. The zero-order valence-corrected chi connectivity index (χ0v) is 26.0. The SMILES string of the molecule is CC(C)(CCCCCc1ccc(C=Cc2cc(OC3CCCCO3)cc(C3CCCCO3)c2)cc1)OC1CCCCO1. The number of rotatable bonds is 13. The van der Waals surface area contributed by atoms with Crippen LogP contribution in [0, 0.1) is 0 Å². The molecule has 0 saturated carbocycles. The molecule has 3 saturated heterocycles. The van der Waals surface area contributed by atoms with Gasteiger partial charge in [-0.25, -0.2) is 0 Å². The van der Waals surface area contributed by atoms with E-state index >= 15 is 0 Å². The van der Waals surface area contributed by atoms with Gasteiger partial charge in [0.1, 0.15) is 5.75 Å². The third-order valence-electron chi connectivity index (χ3n) is 8.69. The fraction of sp³-hybridized carbons (Fsp3) is 0.622. The fourth-order valence-corrected chi connectivity index (χ4v) is 6.22. The predicted octanol–water partition coefficient (Wildman–Crippen LogP) is 9.43. The van der Waals surface area contributed by atoms with Crippen molar-refractivity contribution in [3.05, 3.63) is 64.7 Å². The molecule has 3 aliphatic rings. The fourth-order valence-electron chi connectivity index (χ4n) is 6.22. The summed E-state index contributed by atoms with van der Waals surface area (Å²) >= 11 is 0. The predicted molar refractivity (Wildman–Crippen MR) is 170 cm³/mol. The molecule has 0 aromatic heterocycles. The van der Waals surface area contributed by atoms with Crippen molar-refractivity contribution in [2.75, 3.05) is 19.8 Å². The number of hydrogen-bond donors (Lipinski definition) is 0. The standard InChI is InChI=1S/C37H52O5/c1-37(2,42-36-15-7-11-25-40-36)22-8-3-4-12-29-16-18-30(19-17-29)20-21-31-26-32(34-13-5-9-23-38-34)28-33(27-31)41-35-14-6-10-24-39-35/h16-21,26-28,34-36H,3-15,22-25H2,1-2H3. The van der Waals surface area contributed by atoms with Gasteiger partial charge in [0, 0.05) is 19.6 Å². The maximum absolute atomic E-state index is 6.28. The van der Waals surface area contributed by atoms with E-state index in [9.17, 15) is 0 Å². The van der Waals surface area contributed by atoms with E-state index in [-0.39, 0.29) is 24.3 Å². The molecule has 0 bridgehead atoms. The lowest BCUT2D eigenvalue weighted by molar-refractivity contribution is -0.217. The summed E-state index contributed by atoms with van der Waals surface area (Å²) in [6, 6.07) is 15.5. The Kier molecular flexibility index (Phi) is 11.9. The van der Waals surface area contributed by atoms with Gasteiger partial charge in [-0.2, -0.15) is 0 Å². The molecule has 3 aliphatic heterocycles. The molecule has 230 valence electrons. The van der Waals surface area contributed by atoms with Crippen molar-refractivity contribution in [3.63, 3.8) is 0 Å². The van der Waals surface area contributed by atoms with Crippen LogP contribution < -0.4 is 4.74 Å². The maximum atomic E-state index is 6.28. The van der Waals surface area contributed by atoms with E-state index in [1.807, 2.05) is 0 Å². The van der Waals surface area contributed by atoms with E-state index in [2.05, 4.69) is 68.5 Å². The van der Waals surface area contributed by atoms with E-state index in [0.29, 0.717) is 0 Å². The van der Waals surface area contributed by atoms with Gasteiger partial charge in [0.05, 0.1) is 18.3 Å². The Hall–Kier alpha value is -2.18. The molecule has 3 fully saturated rings. The van der Waals surface area contributed by atoms with Gasteiger partial charge in [0.25, 0.3) is 0 Å². The Morgan fingerprint density at radius 1 is 0.714 bits per heavy atom. The van der Waals surface area contributed by atoms with Crippen molar-refractivity contribution in [2.24, 2.45) is 0 Å². The number of hydrogen-bond acceptors (Lipinski definition) is 5. The summed E-state index contributed by atoms with van der Waals surface area (Å²) in [5, 5.41) is 0. The van der Waals surface area contributed by atoms with E-state index in [1.165, 1.54) is 48.8 Å². The van der Waals surface area contributed by atoms with E-state index < -0.39 is 0 Å². The Bertz CT molecular complexity index is 1090. The number of benzene rings is 2. The van der Waals surface area contributed by atoms with Crippen molar-refractivity contribution < 1.29 is 23.7 Å². The lowest BCUT2D eigenvalue weighted by atomic mass is 9.98. The third-order valence-corrected chi connectivity index (χ3v) is 8.69. The summed E-state index contributed by atoms with van der Waals surface area (Å²) in [7, 11) is 0. The highest BCUT2D eigenvalue weighted by Crippen LogP contribution is 2.33. The van der Waals surface area contributed by atoms with Crippen LogP contribution in [0.2, 0.25) is 0 Å². The van der Waals surface area contributed by atoms with Crippen LogP contribution in [0.3, 0.4) is 0 Å². The van der Waals surface area contributed by atoms with Gasteiger partial charge in [-0.3, -0.25) is 0 Å². The normalized spacial score (nSPS) is 23.7. The summed E-state index contributed by atoms with van der Waals surface area (Å²) in [5.41, 5.74) is 4.84. The second-order valence-corrected chi connectivity index (χ2v) is 12.9. The first-order valence-electron chi connectivity index (χ1n) is 16.6. The molecule has 5 rings (SSSR count). The van der Waals surface area contributed by atoms with Crippen LogP contribution in [0.25, 0.3) is 12.2 Å². The molecule has 0 N–H and O–H groups in total. The minimum atomic E-state index is -0.151. The highest BCUT2D eigenvalue weighted by molar-refractivity contribution is 5.70. The summed E-state index contributed by atoms with van der Waals surface area (Å²) in [5.74, 6) is 0.876. The lowest BCUT2D eigenvalue weighted by Gasteiger charge is -2.32. The zero-order valence-electron chi connectivity index (χ0n) is 26.0. The average Bonchev–Trinajstić information content (AvgIpc) is 3.01. The van der Waals surface area contributed by atoms with Gasteiger partial charge in [-0.1, -0.05) is 49.3 Å². The Morgan fingerprint density at radius 3 is 2.10 bits per heavy atom. The van der Waals surface area contributed by atoms with Gasteiger partial charge in [0.15, 0.2) is 12.6 Å². The summed E-state index contributed by atoms with van der Waals surface area (Å²) in [4.78, 5) is 0. The first-order chi connectivity index (χ1) is 20.5. The second-order valence-electron chi connectivity index (χ2n) is 12.9. The molecular weight excluding hydrogens is 524 g/mol. The molecular formula is C37H52O5. The van der Waals surface area contributed by atoms with Crippen molar-refractivity contribution in [3.8, 4) is 5.75 Å². The van der Waals surface area contributed by atoms with E-state index in [0.717, 1.165) is 88.9 Å². The van der Waals surface area contributed by atoms with Gasteiger partial charge in [-0.05, 0) is 125 Å². The molecule has 0 spiro atoms. The van der Waals surface area contributed by atoms with Gasteiger partial charge < -0.3 is 23.7 Å². The molecule has 2 aromatic rings. The van der Waals surface area contributed by atoms with Gasteiger partial charge >= 0.3 is 0 Å². The van der Waals surface area contributed by atoms with Crippen LogP contribution in [0.5, 0.6) is 5.75 Å². The van der Waals surface area contributed by atoms with Crippen LogP contribution in [0.1, 0.15) is 126 Å². The summed E-state index contributed by atoms with van der Waals surface area (Å²) < 4.78 is 30.3. The highest BCUT2D eigenvalue weighted by Gasteiger charge is 2.25. The van der Waals surface area contributed by atoms with Crippen molar-refractivity contribution in [1.29, 1.82) is 0 Å².